The SMILES string of the molecule is CCOc1ccccc1CCNC(=O)c1csc(C2CCN(C(=S)Nc3ccc(N(C)C)cc3)CC2)n1. The standard InChI is InChI=1S/C28H35N5O2S2/c1-4-35-25-8-6-5-7-20(25)13-16-29-26(34)24-19-37-27(31-24)21-14-17-33(18-15-21)28(36)30-22-9-11-23(12-10-22)32(2)3/h5-12,19,21H,4,13-18H2,1-3H3,(H,29,34)(H,30,36). The Morgan fingerprint density at radius 3 is 2.59 bits per heavy atom. The van der Waals surface area contributed by atoms with E-state index in [0.717, 1.165) is 58.7 Å². The lowest BCUT2D eigenvalue weighted by atomic mass is 9.98. The number of thiazole rings is 1. The topological polar surface area (TPSA) is 69.7 Å². The van der Waals surface area contributed by atoms with Gasteiger partial charge in [0, 0.05) is 56.4 Å². The predicted octanol–water partition coefficient (Wildman–Crippen LogP) is 5.16. The first-order valence-electron chi connectivity index (χ1n) is 12.7. The van der Waals surface area contributed by atoms with Crippen LogP contribution in [0, 0.1) is 0 Å². The maximum Gasteiger partial charge on any atom is 0.270 e. The molecule has 1 aliphatic heterocycles. The van der Waals surface area contributed by atoms with E-state index in [1.807, 2.05) is 62.8 Å². The van der Waals surface area contributed by atoms with Crippen LogP contribution in [-0.2, 0) is 6.42 Å². The van der Waals surface area contributed by atoms with E-state index < -0.39 is 0 Å². The van der Waals surface area contributed by atoms with Crippen LogP contribution in [0.3, 0.4) is 0 Å². The fourth-order valence-electron chi connectivity index (χ4n) is 4.36. The summed E-state index contributed by atoms with van der Waals surface area (Å²) >= 11 is 7.24. The molecule has 196 valence electrons. The van der Waals surface area contributed by atoms with Gasteiger partial charge < -0.3 is 25.2 Å². The first-order chi connectivity index (χ1) is 17.9. The molecule has 0 radical (unpaired) electrons. The quantitative estimate of drug-likeness (QED) is 0.366. The van der Waals surface area contributed by atoms with Crippen LogP contribution in [0.2, 0.25) is 0 Å². The first kappa shape index (κ1) is 26.9. The third-order valence-electron chi connectivity index (χ3n) is 6.47. The van der Waals surface area contributed by atoms with Crippen LogP contribution in [0.1, 0.15) is 46.7 Å². The van der Waals surface area contributed by atoms with Gasteiger partial charge in [0.2, 0.25) is 0 Å². The van der Waals surface area contributed by atoms with Crippen molar-refractivity contribution in [1.29, 1.82) is 0 Å². The van der Waals surface area contributed by atoms with Crippen molar-refractivity contribution < 1.29 is 9.53 Å². The third kappa shape index (κ3) is 7.20. The molecule has 1 aliphatic rings. The molecular weight excluding hydrogens is 502 g/mol. The van der Waals surface area contributed by atoms with Crippen molar-refractivity contribution in [2.24, 2.45) is 0 Å². The van der Waals surface area contributed by atoms with E-state index in [0.29, 0.717) is 31.2 Å². The second-order valence-corrected chi connectivity index (χ2v) is 10.5. The van der Waals surface area contributed by atoms with Gasteiger partial charge in [-0.2, -0.15) is 0 Å². The van der Waals surface area contributed by atoms with E-state index in [1.54, 1.807) is 11.3 Å². The summed E-state index contributed by atoms with van der Waals surface area (Å²) in [7, 11) is 4.05. The highest BCUT2D eigenvalue weighted by atomic mass is 32.1. The van der Waals surface area contributed by atoms with Crippen molar-refractivity contribution in [2.45, 2.75) is 32.1 Å². The number of hydrogen-bond acceptors (Lipinski definition) is 6. The molecule has 2 aromatic carbocycles. The number of hydrogen-bond donors (Lipinski definition) is 2. The number of ether oxygens (including phenoxy) is 1. The summed E-state index contributed by atoms with van der Waals surface area (Å²) in [6, 6.07) is 16.2. The molecule has 2 N–H and O–H groups in total. The van der Waals surface area contributed by atoms with Crippen molar-refractivity contribution in [3.05, 3.63) is 70.2 Å². The average molecular weight is 538 g/mol. The van der Waals surface area contributed by atoms with E-state index in [-0.39, 0.29) is 5.91 Å². The molecule has 9 heteroatoms. The maximum absolute atomic E-state index is 12.7. The molecule has 3 aromatic rings. The van der Waals surface area contributed by atoms with Gasteiger partial charge in [-0.25, -0.2) is 4.98 Å². The molecule has 0 spiro atoms. The van der Waals surface area contributed by atoms with Gasteiger partial charge in [0.1, 0.15) is 11.4 Å². The Kier molecular flexibility index (Phi) is 9.35. The molecule has 0 aliphatic carbocycles. The highest BCUT2D eigenvalue weighted by Gasteiger charge is 2.25. The smallest absolute Gasteiger partial charge is 0.270 e. The van der Waals surface area contributed by atoms with E-state index in [4.69, 9.17) is 17.0 Å². The number of aromatic nitrogens is 1. The fraction of sp³-hybridized carbons (Fsp3) is 0.393. The highest BCUT2D eigenvalue weighted by molar-refractivity contribution is 7.80. The third-order valence-corrected chi connectivity index (χ3v) is 7.84. The lowest BCUT2D eigenvalue weighted by Crippen LogP contribution is -2.40. The summed E-state index contributed by atoms with van der Waals surface area (Å²) < 4.78 is 5.67. The Labute approximate surface area is 228 Å². The van der Waals surface area contributed by atoms with Crippen molar-refractivity contribution in [3.63, 3.8) is 0 Å². The van der Waals surface area contributed by atoms with Gasteiger partial charge >= 0.3 is 0 Å². The van der Waals surface area contributed by atoms with Crippen LogP contribution in [0.25, 0.3) is 0 Å². The Morgan fingerprint density at radius 2 is 1.89 bits per heavy atom. The first-order valence-corrected chi connectivity index (χ1v) is 14.0. The number of carbonyl (C=O) groups excluding carboxylic acids is 1. The maximum atomic E-state index is 12.7. The number of rotatable bonds is 9. The molecule has 1 aromatic heterocycles. The van der Waals surface area contributed by atoms with E-state index in [2.05, 4.69) is 37.6 Å². The molecule has 2 heterocycles. The summed E-state index contributed by atoms with van der Waals surface area (Å²) in [4.78, 5) is 21.6. The minimum atomic E-state index is -0.125. The zero-order valence-electron chi connectivity index (χ0n) is 21.7. The number of likely N-dealkylation sites (tertiary alicyclic amines) is 1. The Morgan fingerprint density at radius 1 is 1.16 bits per heavy atom. The van der Waals surface area contributed by atoms with Crippen molar-refractivity contribution >= 4 is 45.9 Å². The summed E-state index contributed by atoms with van der Waals surface area (Å²) in [5.41, 5.74) is 3.74. The molecule has 37 heavy (non-hydrogen) atoms. The molecule has 1 amide bonds. The molecule has 7 nitrogen and oxygen atoms in total. The second-order valence-electron chi connectivity index (χ2n) is 9.25. The zero-order chi connectivity index (χ0) is 26.2. The monoisotopic (exact) mass is 537 g/mol. The molecule has 0 bridgehead atoms. The summed E-state index contributed by atoms with van der Waals surface area (Å²) in [6.45, 7) is 4.87. The second kappa shape index (κ2) is 12.9. The van der Waals surface area contributed by atoms with E-state index >= 15 is 0 Å². The van der Waals surface area contributed by atoms with E-state index in [9.17, 15) is 4.79 Å². The number of benzene rings is 2. The van der Waals surface area contributed by atoms with Crippen molar-refractivity contribution in [1.82, 2.24) is 15.2 Å². The summed E-state index contributed by atoms with van der Waals surface area (Å²) in [5.74, 6) is 1.10. The van der Waals surface area contributed by atoms with Crippen molar-refractivity contribution in [3.8, 4) is 5.75 Å². The van der Waals surface area contributed by atoms with E-state index in [1.165, 1.54) is 0 Å². The fourth-order valence-corrected chi connectivity index (χ4v) is 5.63. The number of anilines is 2. The molecule has 4 rings (SSSR count). The zero-order valence-corrected chi connectivity index (χ0v) is 23.3. The molecule has 0 saturated carbocycles. The number of thiocarbonyl (C=S) groups is 1. The minimum absolute atomic E-state index is 0.125. The number of piperidine rings is 1. The molecule has 1 fully saturated rings. The largest absolute Gasteiger partial charge is 0.494 e. The van der Waals surface area contributed by atoms with Gasteiger partial charge in [-0.15, -0.1) is 11.3 Å². The van der Waals surface area contributed by atoms with Gasteiger partial charge in [0.05, 0.1) is 11.6 Å². The van der Waals surface area contributed by atoms with Gasteiger partial charge in [0.15, 0.2) is 5.11 Å². The predicted molar refractivity (Wildman–Crippen MR) is 156 cm³/mol. The number of para-hydroxylation sites is 1. The van der Waals surface area contributed by atoms with Crippen LogP contribution >= 0.6 is 23.6 Å². The van der Waals surface area contributed by atoms with Crippen molar-refractivity contribution in [2.75, 3.05) is 50.6 Å². The Hall–Kier alpha value is -3.17. The van der Waals surface area contributed by atoms with Crippen LogP contribution in [0.4, 0.5) is 11.4 Å². The number of carbonyl (C=O) groups is 1. The molecule has 1 saturated heterocycles. The van der Waals surface area contributed by atoms with Crippen LogP contribution < -0.4 is 20.3 Å². The minimum Gasteiger partial charge on any atom is -0.494 e. The van der Waals surface area contributed by atoms with Gasteiger partial charge in [-0.05, 0) is 74.3 Å². The Balaban J connectivity index is 1.23. The number of nitrogens with one attached hydrogen (secondary N) is 2. The lowest BCUT2D eigenvalue weighted by molar-refractivity contribution is 0.0949. The number of nitrogens with zero attached hydrogens (tertiary/aromatic N) is 3. The summed E-state index contributed by atoms with van der Waals surface area (Å²) in [5, 5.41) is 10.0. The molecular formula is C28H35N5O2S2. The van der Waals surface area contributed by atoms with Gasteiger partial charge in [-0.1, -0.05) is 18.2 Å². The van der Waals surface area contributed by atoms with Crippen LogP contribution in [0.15, 0.2) is 53.9 Å². The van der Waals surface area contributed by atoms with Gasteiger partial charge in [0.25, 0.3) is 5.91 Å². The Bertz CT molecular complexity index is 1190. The molecule has 0 unspecified atom stereocenters. The highest BCUT2D eigenvalue weighted by Crippen LogP contribution is 2.31. The molecule has 0 atom stereocenters. The average Bonchev–Trinajstić information content (AvgIpc) is 3.41. The normalized spacial score (nSPS) is 13.8. The van der Waals surface area contributed by atoms with Crippen LogP contribution in [0.5, 0.6) is 5.75 Å². The lowest BCUT2D eigenvalue weighted by Gasteiger charge is -2.33. The number of amides is 1. The van der Waals surface area contributed by atoms with Gasteiger partial charge in [-0.3, -0.25) is 4.79 Å². The summed E-state index contributed by atoms with van der Waals surface area (Å²) in [6.07, 6.45) is 2.64. The van der Waals surface area contributed by atoms with Crippen LogP contribution in [-0.4, -0.2) is 61.2 Å².